The van der Waals surface area contributed by atoms with Crippen LogP contribution in [0, 0.1) is 5.41 Å². The van der Waals surface area contributed by atoms with E-state index in [2.05, 4.69) is 13.0 Å². The highest BCUT2D eigenvalue weighted by atomic mass is 16.2. The fraction of sp³-hybridized carbons (Fsp3) is 0.600. The highest BCUT2D eigenvalue weighted by Crippen LogP contribution is 2.51. The van der Waals surface area contributed by atoms with Crippen LogP contribution in [0.1, 0.15) is 51.0 Å². The van der Waals surface area contributed by atoms with Gasteiger partial charge in [-0.15, -0.1) is 0 Å². The lowest BCUT2D eigenvalue weighted by atomic mass is 9.95. The number of rotatable bonds is 3. The number of amides is 2. The molecule has 0 radical (unpaired) electrons. The topological polar surface area (TPSA) is 40.6 Å². The lowest BCUT2D eigenvalue weighted by molar-refractivity contribution is -0.146. The Balaban J connectivity index is 1.57. The minimum absolute atomic E-state index is 0.0397. The number of likely N-dealkylation sites (tertiary alicyclic amines) is 1. The predicted octanol–water partition coefficient (Wildman–Crippen LogP) is 3.15. The zero-order valence-electron chi connectivity index (χ0n) is 14.5. The monoisotopic (exact) mass is 326 g/mol. The van der Waals surface area contributed by atoms with Crippen molar-refractivity contribution < 1.29 is 9.59 Å². The van der Waals surface area contributed by atoms with Gasteiger partial charge in [-0.05, 0) is 56.6 Å². The molecule has 2 amide bonds. The first-order chi connectivity index (χ1) is 11.7. The van der Waals surface area contributed by atoms with Gasteiger partial charge < -0.3 is 9.80 Å². The van der Waals surface area contributed by atoms with Crippen LogP contribution in [0.3, 0.4) is 0 Å². The van der Waals surface area contributed by atoms with Crippen LogP contribution in [0.15, 0.2) is 24.3 Å². The molecule has 1 saturated carbocycles. The van der Waals surface area contributed by atoms with Crippen LogP contribution in [0.2, 0.25) is 0 Å². The molecule has 2 fully saturated rings. The summed E-state index contributed by atoms with van der Waals surface area (Å²) >= 11 is 0. The van der Waals surface area contributed by atoms with E-state index in [0.29, 0.717) is 12.6 Å². The highest BCUT2D eigenvalue weighted by Gasteiger charge is 2.60. The molecule has 4 heteroatoms. The smallest absolute Gasteiger partial charge is 0.242 e. The third-order valence-corrected chi connectivity index (χ3v) is 6.06. The Morgan fingerprint density at radius 1 is 1.12 bits per heavy atom. The molecule has 0 N–H and O–H groups in total. The Kier molecular flexibility index (Phi) is 3.86. The van der Waals surface area contributed by atoms with Gasteiger partial charge in [-0.1, -0.05) is 25.1 Å². The summed E-state index contributed by atoms with van der Waals surface area (Å²) < 4.78 is 0. The summed E-state index contributed by atoms with van der Waals surface area (Å²) in [6.45, 7) is 3.68. The molecular formula is C20H26N2O2. The second kappa shape index (κ2) is 5.91. The van der Waals surface area contributed by atoms with E-state index in [1.54, 1.807) is 0 Å². The summed E-state index contributed by atoms with van der Waals surface area (Å²) in [7, 11) is 0. The van der Waals surface area contributed by atoms with Gasteiger partial charge in [0, 0.05) is 24.8 Å². The summed E-state index contributed by atoms with van der Waals surface area (Å²) in [5, 5.41) is 0. The van der Waals surface area contributed by atoms with E-state index < -0.39 is 5.41 Å². The first-order valence-corrected chi connectivity index (χ1v) is 9.38. The predicted molar refractivity (Wildman–Crippen MR) is 93.8 cm³/mol. The lowest BCUT2D eigenvalue weighted by Crippen LogP contribution is -2.51. The number of benzene rings is 1. The molecule has 1 aromatic rings. The van der Waals surface area contributed by atoms with Crippen LogP contribution in [-0.2, 0) is 16.0 Å². The van der Waals surface area contributed by atoms with Crippen LogP contribution < -0.4 is 4.90 Å². The number of hydrogen-bond acceptors (Lipinski definition) is 2. The molecule has 0 aromatic heterocycles. The molecule has 128 valence electrons. The van der Waals surface area contributed by atoms with Gasteiger partial charge in [0.05, 0.1) is 0 Å². The number of fused-ring (bicyclic) bond motifs is 1. The molecule has 2 aliphatic heterocycles. The van der Waals surface area contributed by atoms with E-state index in [1.807, 2.05) is 28.0 Å². The molecule has 4 nitrogen and oxygen atoms in total. The van der Waals surface area contributed by atoms with Crippen molar-refractivity contribution in [2.45, 2.75) is 57.9 Å². The molecule has 1 atom stereocenters. The van der Waals surface area contributed by atoms with Gasteiger partial charge in [-0.2, -0.15) is 0 Å². The average Bonchev–Trinajstić information content (AvgIpc) is 3.34. The van der Waals surface area contributed by atoms with Gasteiger partial charge in [-0.25, -0.2) is 0 Å². The van der Waals surface area contributed by atoms with Crippen LogP contribution >= 0.6 is 0 Å². The maximum Gasteiger partial charge on any atom is 0.242 e. The molecule has 0 spiro atoms. The van der Waals surface area contributed by atoms with E-state index in [0.717, 1.165) is 50.8 Å². The minimum atomic E-state index is -0.762. The van der Waals surface area contributed by atoms with Gasteiger partial charge >= 0.3 is 0 Å². The number of para-hydroxylation sites is 1. The SMILES string of the molecule is CCC1CCCCN1C(=O)C1(C(=O)N2CCc3ccccc32)CC1. The van der Waals surface area contributed by atoms with Crippen LogP contribution in [-0.4, -0.2) is 35.8 Å². The normalized spacial score (nSPS) is 24.6. The molecule has 3 aliphatic rings. The Hall–Kier alpha value is -1.84. The Morgan fingerprint density at radius 3 is 2.67 bits per heavy atom. The van der Waals surface area contributed by atoms with Crippen molar-refractivity contribution >= 4 is 17.5 Å². The largest absolute Gasteiger partial charge is 0.339 e. The third-order valence-electron chi connectivity index (χ3n) is 6.06. The molecule has 1 aromatic carbocycles. The second-order valence-electron chi connectivity index (χ2n) is 7.47. The van der Waals surface area contributed by atoms with Crippen molar-refractivity contribution in [1.29, 1.82) is 0 Å². The summed E-state index contributed by atoms with van der Waals surface area (Å²) in [5.74, 6) is 0.140. The van der Waals surface area contributed by atoms with Crippen LogP contribution in [0.25, 0.3) is 0 Å². The van der Waals surface area contributed by atoms with Crippen molar-refractivity contribution in [2.24, 2.45) is 5.41 Å². The van der Waals surface area contributed by atoms with E-state index in [1.165, 1.54) is 12.0 Å². The van der Waals surface area contributed by atoms with Crippen molar-refractivity contribution in [3.63, 3.8) is 0 Å². The van der Waals surface area contributed by atoms with Gasteiger partial charge in [0.15, 0.2) is 0 Å². The van der Waals surface area contributed by atoms with Crippen LogP contribution in [0.5, 0.6) is 0 Å². The van der Waals surface area contributed by atoms with Gasteiger partial charge in [0.2, 0.25) is 11.8 Å². The summed E-state index contributed by atoms with van der Waals surface area (Å²) in [5.41, 5.74) is 1.47. The standard InChI is InChI=1S/C20H26N2O2/c1-2-16-8-5-6-13-21(16)18(23)20(11-12-20)19(24)22-14-10-15-7-3-4-9-17(15)22/h3-4,7,9,16H,2,5-6,8,10-14H2,1H3. The molecule has 4 rings (SSSR count). The Bertz CT molecular complexity index is 665. The molecule has 2 heterocycles. The quantitative estimate of drug-likeness (QED) is 0.801. The van der Waals surface area contributed by atoms with Crippen molar-refractivity contribution in [3.8, 4) is 0 Å². The van der Waals surface area contributed by atoms with Gasteiger partial charge in [-0.3, -0.25) is 9.59 Å². The van der Waals surface area contributed by atoms with Crippen LogP contribution in [0.4, 0.5) is 5.69 Å². The maximum absolute atomic E-state index is 13.2. The van der Waals surface area contributed by atoms with Crippen molar-refractivity contribution in [3.05, 3.63) is 29.8 Å². The van der Waals surface area contributed by atoms with Gasteiger partial charge in [0.1, 0.15) is 5.41 Å². The molecular weight excluding hydrogens is 300 g/mol. The number of carbonyl (C=O) groups is 2. The zero-order valence-corrected chi connectivity index (χ0v) is 14.5. The fourth-order valence-corrected chi connectivity index (χ4v) is 4.42. The number of carbonyl (C=O) groups excluding carboxylic acids is 2. The van der Waals surface area contributed by atoms with Crippen molar-refractivity contribution in [2.75, 3.05) is 18.0 Å². The highest BCUT2D eigenvalue weighted by molar-refractivity contribution is 6.14. The molecule has 1 saturated heterocycles. The fourth-order valence-electron chi connectivity index (χ4n) is 4.42. The maximum atomic E-state index is 13.2. The molecule has 0 bridgehead atoms. The number of nitrogens with zero attached hydrogens (tertiary/aromatic N) is 2. The average molecular weight is 326 g/mol. The van der Waals surface area contributed by atoms with E-state index in [4.69, 9.17) is 0 Å². The number of anilines is 1. The first-order valence-electron chi connectivity index (χ1n) is 9.38. The minimum Gasteiger partial charge on any atom is -0.339 e. The third kappa shape index (κ3) is 2.35. The van der Waals surface area contributed by atoms with Crippen molar-refractivity contribution in [1.82, 2.24) is 4.90 Å². The Labute approximate surface area is 143 Å². The summed E-state index contributed by atoms with van der Waals surface area (Å²) in [6, 6.07) is 8.41. The first kappa shape index (κ1) is 15.7. The molecule has 1 aliphatic carbocycles. The zero-order chi connectivity index (χ0) is 16.7. The van der Waals surface area contributed by atoms with E-state index >= 15 is 0 Å². The lowest BCUT2D eigenvalue weighted by Gasteiger charge is -2.38. The molecule has 24 heavy (non-hydrogen) atoms. The van der Waals surface area contributed by atoms with Gasteiger partial charge in [0.25, 0.3) is 0 Å². The second-order valence-corrected chi connectivity index (χ2v) is 7.47. The number of hydrogen-bond donors (Lipinski definition) is 0. The van der Waals surface area contributed by atoms with E-state index in [9.17, 15) is 9.59 Å². The van der Waals surface area contributed by atoms with E-state index in [-0.39, 0.29) is 11.8 Å². The summed E-state index contributed by atoms with van der Waals surface area (Å²) in [6.07, 6.45) is 6.67. The summed E-state index contributed by atoms with van der Waals surface area (Å²) in [4.78, 5) is 30.4. The Morgan fingerprint density at radius 2 is 1.92 bits per heavy atom. The molecule has 1 unspecified atom stereocenters. The number of piperidine rings is 1.